The van der Waals surface area contributed by atoms with E-state index in [9.17, 15) is 0 Å². The highest BCUT2D eigenvalue weighted by atomic mass is 16.5. The van der Waals surface area contributed by atoms with Crippen molar-refractivity contribution < 1.29 is 9.47 Å². The maximum absolute atomic E-state index is 5.13. The summed E-state index contributed by atoms with van der Waals surface area (Å²) in [5.74, 6) is 0.857. The van der Waals surface area contributed by atoms with E-state index in [4.69, 9.17) is 9.47 Å². The Morgan fingerprint density at radius 1 is 1.20 bits per heavy atom. The van der Waals surface area contributed by atoms with Crippen LogP contribution in [0.15, 0.2) is 30.5 Å². The first-order valence-corrected chi connectivity index (χ1v) is 6.53. The summed E-state index contributed by atoms with van der Waals surface area (Å²) in [5, 5.41) is 11.5. The standard InChI is InChI=1S/C14H20N4O2/c1-19-8-7-15-9-13-11-18(17-16-13)10-12-3-5-14(20-2)6-4-12/h3-6,11,15H,7-10H2,1-2H3. The van der Waals surface area contributed by atoms with E-state index in [1.54, 1.807) is 14.2 Å². The van der Waals surface area contributed by atoms with Crippen LogP contribution in [0, 0.1) is 0 Å². The van der Waals surface area contributed by atoms with Crippen LogP contribution < -0.4 is 10.1 Å². The molecule has 0 saturated carbocycles. The van der Waals surface area contributed by atoms with Gasteiger partial charge in [-0.2, -0.15) is 0 Å². The van der Waals surface area contributed by atoms with Gasteiger partial charge in [-0.25, -0.2) is 4.68 Å². The lowest BCUT2D eigenvalue weighted by Gasteiger charge is -2.03. The summed E-state index contributed by atoms with van der Waals surface area (Å²) in [6, 6.07) is 7.94. The Balaban J connectivity index is 1.85. The molecule has 0 radical (unpaired) electrons. The van der Waals surface area contributed by atoms with E-state index in [2.05, 4.69) is 15.6 Å². The van der Waals surface area contributed by atoms with Crippen molar-refractivity contribution in [1.29, 1.82) is 0 Å². The van der Waals surface area contributed by atoms with E-state index in [1.807, 2.05) is 35.1 Å². The van der Waals surface area contributed by atoms with Gasteiger partial charge in [0.25, 0.3) is 0 Å². The van der Waals surface area contributed by atoms with E-state index >= 15 is 0 Å². The lowest BCUT2D eigenvalue weighted by molar-refractivity contribution is 0.199. The van der Waals surface area contributed by atoms with E-state index in [-0.39, 0.29) is 0 Å². The molecule has 0 unspecified atom stereocenters. The van der Waals surface area contributed by atoms with Gasteiger partial charge in [0.05, 0.1) is 32.2 Å². The molecule has 1 N–H and O–H groups in total. The zero-order chi connectivity index (χ0) is 14.2. The lowest BCUT2D eigenvalue weighted by Crippen LogP contribution is -2.18. The molecule has 1 aromatic carbocycles. The summed E-state index contributed by atoms with van der Waals surface area (Å²) in [6.45, 7) is 2.91. The number of hydrogen-bond acceptors (Lipinski definition) is 5. The number of hydrogen-bond donors (Lipinski definition) is 1. The summed E-state index contributed by atoms with van der Waals surface area (Å²) in [5.41, 5.74) is 2.09. The van der Waals surface area contributed by atoms with Gasteiger partial charge in [0.1, 0.15) is 5.75 Å². The molecule has 108 valence electrons. The van der Waals surface area contributed by atoms with Crippen molar-refractivity contribution in [3.05, 3.63) is 41.7 Å². The molecule has 0 aliphatic carbocycles. The topological polar surface area (TPSA) is 61.2 Å². The third-order valence-corrected chi connectivity index (χ3v) is 2.88. The van der Waals surface area contributed by atoms with Crippen molar-refractivity contribution in [1.82, 2.24) is 20.3 Å². The number of rotatable bonds is 8. The molecule has 0 aliphatic rings. The molecule has 1 heterocycles. The van der Waals surface area contributed by atoms with Crippen molar-refractivity contribution in [3.8, 4) is 5.75 Å². The number of aromatic nitrogens is 3. The van der Waals surface area contributed by atoms with E-state index in [0.717, 1.165) is 23.6 Å². The minimum Gasteiger partial charge on any atom is -0.497 e. The Morgan fingerprint density at radius 3 is 2.70 bits per heavy atom. The van der Waals surface area contributed by atoms with E-state index in [0.29, 0.717) is 19.7 Å². The maximum Gasteiger partial charge on any atom is 0.118 e. The Bertz CT molecular complexity index is 510. The van der Waals surface area contributed by atoms with Crippen molar-refractivity contribution in [2.45, 2.75) is 13.1 Å². The van der Waals surface area contributed by atoms with Gasteiger partial charge in [-0.3, -0.25) is 0 Å². The second-order valence-corrected chi connectivity index (χ2v) is 4.43. The largest absolute Gasteiger partial charge is 0.497 e. The normalized spacial score (nSPS) is 10.7. The molecule has 6 nitrogen and oxygen atoms in total. The highest BCUT2D eigenvalue weighted by Crippen LogP contribution is 2.12. The second-order valence-electron chi connectivity index (χ2n) is 4.43. The van der Waals surface area contributed by atoms with Gasteiger partial charge in [-0.05, 0) is 17.7 Å². The Hall–Kier alpha value is -1.92. The van der Waals surface area contributed by atoms with Crippen LogP contribution in [-0.4, -0.2) is 42.4 Å². The quantitative estimate of drug-likeness (QED) is 0.731. The summed E-state index contributed by atoms with van der Waals surface area (Å²) in [4.78, 5) is 0. The molecule has 20 heavy (non-hydrogen) atoms. The summed E-state index contributed by atoms with van der Waals surface area (Å²) in [7, 11) is 3.35. The van der Waals surface area contributed by atoms with Crippen LogP contribution in [0.5, 0.6) is 5.75 Å². The fourth-order valence-corrected chi connectivity index (χ4v) is 1.81. The second kappa shape index (κ2) is 7.62. The van der Waals surface area contributed by atoms with Gasteiger partial charge in [-0.1, -0.05) is 17.3 Å². The van der Waals surface area contributed by atoms with Crippen LogP contribution in [0.4, 0.5) is 0 Å². The van der Waals surface area contributed by atoms with Crippen LogP contribution >= 0.6 is 0 Å². The van der Waals surface area contributed by atoms with E-state index < -0.39 is 0 Å². The molecule has 2 rings (SSSR count). The molecular formula is C14H20N4O2. The molecule has 6 heteroatoms. The SMILES string of the molecule is COCCNCc1cn(Cc2ccc(OC)cc2)nn1. The van der Waals surface area contributed by atoms with Crippen LogP contribution in [0.1, 0.15) is 11.3 Å². The number of methoxy groups -OCH3 is 2. The average molecular weight is 276 g/mol. The summed E-state index contributed by atoms with van der Waals surface area (Å²) < 4.78 is 11.9. The fourth-order valence-electron chi connectivity index (χ4n) is 1.81. The Morgan fingerprint density at radius 2 is 2.00 bits per heavy atom. The molecule has 0 saturated heterocycles. The number of ether oxygens (including phenoxy) is 2. The Kier molecular flexibility index (Phi) is 5.52. The molecule has 2 aromatic rings. The van der Waals surface area contributed by atoms with Gasteiger partial charge in [0, 0.05) is 20.2 Å². The smallest absolute Gasteiger partial charge is 0.118 e. The third kappa shape index (κ3) is 4.32. The van der Waals surface area contributed by atoms with Crippen LogP contribution in [0.3, 0.4) is 0 Å². The van der Waals surface area contributed by atoms with Crippen LogP contribution in [0.2, 0.25) is 0 Å². The fraction of sp³-hybridized carbons (Fsp3) is 0.429. The number of nitrogens with one attached hydrogen (secondary N) is 1. The van der Waals surface area contributed by atoms with Crippen molar-refractivity contribution in [2.24, 2.45) is 0 Å². The van der Waals surface area contributed by atoms with Crippen molar-refractivity contribution in [3.63, 3.8) is 0 Å². The van der Waals surface area contributed by atoms with Gasteiger partial charge in [-0.15, -0.1) is 5.10 Å². The summed E-state index contributed by atoms with van der Waals surface area (Å²) in [6.07, 6.45) is 1.95. The average Bonchev–Trinajstić information content (AvgIpc) is 2.92. The number of nitrogens with zero attached hydrogens (tertiary/aromatic N) is 3. The highest BCUT2D eigenvalue weighted by molar-refractivity contribution is 5.27. The van der Waals surface area contributed by atoms with Gasteiger partial charge in [0.2, 0.25) is 0 Å². The summed E-state index contributed by atoms with van der Waals surface area (Å²) >= 11 is 0. The first-order chi connectivity index (χ1) is 9.81. The third-order valence-electron chi connectivity index (χ3n) is 2.88. The van der Waals surface area contributed by atoms with Crippen LogP contribution in [0.25, 0.3) is 0 Å². The molecule has 1 aromatic heterocycles. The molecule has 0 atom stereocenters. The molecule has 0 aliphatic heterocycles. The highest BCUT2D eigenvalue weighted by Gasteiger charge is 2.01. The zero-order valence-electron chi connectivity index (χ0n) is 11.9. The van der Waals surface area contributed by atoms with Crippen LogP contribution in [-0.2, 0) is 17.8 Å². The van der Waals surface area contributed by atoms with Gasteiger partial charge in [0.15, 0.2) is 0 Å². The first kappa shape index (κ1) is 14.5. The minimum atomic E-state index is 0.694. The monoisotopic (exact) mass is 276 g/mol. The predicted octanol–water partition coefficient (Wildman–Crippen LogP) is 1.07. The molecular weight excluding hydrogens is 256 g/mol. The van der Waals surface area contributed by atoms with E-state index in [1.165, 1.54) is 0 Å². The van der Waals surface area contributed by atoms with Crippen molar-refractivity contribution >= 4 is 0 Å². The zero-order valence-corrected chi connectivity index (χ0v) is 11.9. The van der Waals surface area contributed by atoms with Gasteiger partial charge >= 0.3 is 0 Å². The molecule has 0 bridgehead atoms. The molecule has 0 spiro atoms. The molecule has 0 amide bonds. The minimum absolute atomic E-state index is 0.694. The Labute approximate surface area is 118 Å². The maximum atomic E-state index is 5.13. The van der Waals surface area contributed by atoms with Gasteiger partial charge < -0.3 is 14.8 Å². The first-order valence-electron chi connectivity index (χ1n) is 6.53. The van der Waals surface area contributed by atoms with Crippen molar-refractivity contribution in [2.75, 3.05) is 27.4 Å². The molecule has 0 fully saturated rings. The predicted molar refractivity (Wildman–Crippen MR) is 75.7 cm³/mol. The lowest BCUT2D eigenvalue weighted by atomic mass is 10.2. The number of benzene rings is 1.